The summed E-state index contributed by atoms with van der Waals surface area (Å²) in [6.07, 6.45) is 8.57. The summed E-state index contributed by atoms with van der Waals surface area (Å²) < 4.78 is 1.99. The first-order valence-electron chi connectivity index (χ1n) is 10.0. The molecule has 6 nitrogen and oxygen atoms in total. The van der Waals surface area contributed by atoms with Crippen LogP contribution in [0, 0.1) is 23.2 Å². The van der Waals surface area contributed by atoms with Gasteiger partial charge >= 0.3 is 5.97 Å². The molecule has 2 aromatic heterocycles. The maximum atomic E-state index is 13.2. The Kier molecular flexibility index (Phi) is 6.13. The molecule has 2 aromatic rings. The molecule has 1 N–H and O–H groups in total. The zero-order valence-electron chi connectivity index (χ0n) is 16.6. The maximum Gasteiger partial charge on any atom is 0.303 e. The van der Waals surface area contributed by atoms with Gasteiger partial charge in [-0.15, -0.1) is 0 Å². The van der Waals surface area contributed by atoms with Crippen LogP contribution in [0.15, 0.2) is 12.3 Å². The number of pyridine rings is 1. The van der Waals surface area contributed by atoms with Gasteiger partial charge in [0.2, 0.25) is 0 Å². The Labute approximate surface area is 165 Å². The quantitative estimate of drug-likeness (QED) is 0.723. The summed E-state index contributed by atoms with van der Waals surface area (Å²) in [6, 6.07) is 3.84. The summed E-state index contributed by atoms with van der Waals surface area (Å²) in [5.74, 6) is -0.638. The van der Waals surface area contributed by atoms with Gasteiger partial charge in [0.25, 0.3) is 0 Å². The molecule has 0 spiro atoms. The Morgan fingerprint density at radius 1 is 1.32 bits per heavy atom. The van der Waals surface area contributed by atoms with Gasteiger partial charge in [-0.25, -0.2) is 4.98 Å². The van der Waals surface area contributed by atoms with Crippen molar-refractivity contribution < 1.29 is 14.7 Å². The Hall–Kier alpha value is -2.68. The lowest BCUT2D eigenvalue weighted by molar-refractivity contribution is -0.137. The summed E-state index contributed by atoms with van der Waals surface area (Å²) >= 11 is 0. The maximum absolute atomic E-state index is 13.2. The average Bonchev–Trinajstić information content (AvgIpc) is 2.93. The molecular formula is C22H27N3O3. The molecule has 0 radical (unpaired) electrons. The molecule has 3 rings (SSSR count). The fraction of sp³-hybridized carbons (Fsp3) is 0.545. The fourth-order valence-electron chi connectivity index (χ4n) is 4.42. The van der Waals surface area contributed by atoms with Crippen LogP contribution in [-0.2, 0) is 18.3 Å². The highest BCUT2D eigenvalue weighted by molar-refractivity contribution is 6.09. The number of nitrogens with zero attached hydrogens (tertiary/aromatic N) is 3. The van der Waals surface area contributed by atoms with Crippen molar-refractivity contribution in [2.24, 2.45) is 18.9 Å². The molecule has 1 aliphatic rings. The number of hydrogen-bond donors (Lipinski definition) is 1. The van der Waals surface area contributed by atoms with E-state index in [1.807, 2.05) is 11.6 Å². The number of aliphatic carboxylic acids is 1. The Balaban J connectivity index is 2.02. The van der Waals surface area contributed by atoms with E-state index >= 15 is 0 Å². The summed E-state index contributed by atoms with van der Waals surface area (Å²) in [4.78, 5) is 28.6. The lowest BCUT2D eigenvalue weighted by atomic mass is 9.84. The van der Waals surface area contributed by atoms with Gasteiger partial charge in [0.05, 0.1) is 5.56 Å². The van der Waals surface area contributed by atoms with Crippen molar-refractivity contribution in [3.63, 3.8) is 0 Å². The van der Waals surface area contributed by atoms with E-state index in [1.54, 1.807) is 13.0 Å². The van der Waals surface area contributed by atoms with E-state index in [2.05, 4.69) is 11.1 Å². The van der Waals surface area contributed by atoms with Crippen LogP contribution in [0.1, 0.15) is 73.5 Å². The second kappa shape index (κ2) is 8.55. The average molecular weight is 381 g/mol. The molecule has 1 unspecified atom stereocenters. The number of rotatable bonds is 7. The van der Waals surface area contributed by atoms with Crippen LogP contribution in [0.3, 0.4) is 0 Å². The number of aromatic nitrogens is 2. The number of aryl methyl sites for hydroxylation is 1. The van der Waals surface area contributed by atoms with E-state index in [0.29, 0.717) is 28.1 Å². The molecular weight excluding hydrogens is 354 g/mol. The van der Waals surface area contributed by atoms with Gasteiger partial charge in [-0.2, -0.15) is 5.26 Å². The predicted octanol–water partition coefficient (Wildman–Crippen LogP) is 4.25. The zero-order chi connectivity index (χ0) is 20.3. The molecule has 2 heterocycles. The number of fused-ring (bicyclic) bond motifs is 1. The van der Waals surface area contributed by atoms with E-state index in [-0.39, 0.29) is 24.5 Å². The minimum Gasteiger partial charge on any atom is -0.481 e. The normalized spacial score (nSPS) is 16.0. The van der Waals surface area contributed by atoms with Gasteiger partial charge in [0, 0.05) is 42.7 Å². The van der Waals surface area contributed by atoms with Crippen LogP contribution in [0.4, 0.5) is 0 Å². The molecule has 0 amide bonds. The molecule has 1 aliphatic carbocycles. The molecule has 28 heavy (non-hydrogen) atoms. The molecule has 6 heteroatoms. The third-order valence-corrected chi connectivity index (χ3v) is 5.82. The van der Waals surface area contributed by atoms with Crippen LogP contribution in [0.5, 0.6) is 0 Å². The first-order chi connectivity index (χ1) is 13.4. The van der Waals surface area contributed by atoms with Crippen molar-refractivity contribution in [1.29, 1.82) is 5.26 Å². The fourth-order valence-corrected chi connectivity index (χ4v) is 4.42. The zero-order valence-corrected chi connectivity index (χ0v) is 16.6. The summed E-state index contributed by atoms with van der Waals surface area (Å²) in [7, 11) is 1.93. The van der Waals surface area contributed by atoms with Gasteiger partial charge in [0.1, 0.15) is 11.7 Å². The highest BCUT2D eigenvalue weighted by Crippen LogP contribution is 2.33. The topological polar surface area (TPSA) is 96.0 Å². The van der Waals surface area contributed by atoms with Gasteiger partial charge < -0.3 is 9.67 Å². The van der Waals surface area contributed by atoms with Crippen LogP contribution >= 0.6 is 0 Å². The summed E-state index contributed by atoms with van der Waals surface area (Å²) in [5, 5.41) is 19.0. The van der Waals surface area contributed by atoms with E-state index < -0.39 is 5.97 Å². The molecule has 1 saturated carbocycles. The van der Waals surface area contributed by atoms with E-state index in [4.69, 9.17) is 5.11 Å². The largest absolute Gasteiger partial charge is 0.481 e. The first kappa shape index (κ1) is 20.1. The van der Waals surface area contributed by atoms with Crippen molar-refractivity contribution >= 4 is 22.8 Å². The number of carbonyl (C=O) groups excluding carboxylic acids is 1. The summed E-state index contributed by atoms with van der Waals surface area (Å²) in [6.45, 7) is 1.79. The third kappa shape index (κ3) is 4.24. The van der Waals surface area contributed by atoms with Gasteiger partial charge in [-0.1, -0.05) is 39.0 Å². The van der Waals surface area contributed by atoms with Crippen molar-refractivity contribution in [2.45, 2.75) is 58.3 Å². The van der Waals surface area contributed by atoms with E-state index in [1.165, 1.54) is 38.3 Å². The summed E-state index contributed by atoms with van der Waals surface area (Å²) in [5.41, 5.74) is 2.73. The van der Waals surface area contributed by atoms with Crippen LogP contribution in [0.25, 0.3) is 11.0 Å². The predicted molar refractivity (Wildman–Crippen MR) is 106 cm³/mol. The number of nitriles is 1. The van der Waals surface area contributed by atoms with Crippen molar-refractivity contribution in [1.82, 2.24) is 9.55 Å². The van der Waals surface area contributed by atoms with Crippen molar-refractivity contribution in [3.8, 4) is 6.07 Å². The highest BCUT2D eigenvalue weighted by atomic mass is 16.4. The van der Waals surface area contributed by atoms with Gasteiger partial charge in [-0.05, 0) is 24.3 Å². The second-order valence-corrected chi connectivity index (χ2v) is 8.13. The Morgan fingerprint density at radius 3 is 2.68 bits per heavy atom. The van der Waals surface area contributed by atoms with E-state index in [9.17, 15) is 14.9 Å². The first-order valence-corrected chi connectivity index (χ1v) is 10.0. The number of carboxylic acid groups (broad SMARTS) is 1. The molecule has 148 valence electrons. The molecule has 1 fully saturated rings. The molecule has 0 aliphatic heterocycles. The minimum absolute atomic E-state index is 0.0316. The highest BCUT2D eigenvalue weighted by Gasteiger charge is 2.26. The smallest absolute Gasteiger partial charge is 0.303 e. The number of carbonyl (C=O) groups is 2. The van der Waals surface area contributed by atoms with Gasteiger partial charge in [-0.3, -0.25) is 9.59 Å². The molecule has 0 aromatic carbocycles. The number of carboxylic acids is 1. The Morgan fingerprint density at radius 2 is 2.04 bits per heavy atom. The third-order valence-electron chi connectivity index (χ3n) is 5.82. The van der Waals surface area contributed by atoms with Crippen molar-refractivity contribution in [2.75, 3.05) is 0 Å². The lowest BCUT2D eigenvalue weighted by Gasteiger charge is -2.22. The monoisotopic (exact) mass is 381 g/mol. The minimum atomic E-state index is -0.894. The van der Waals surface area contributed by atoms with Gasteiger partial charge in [0.15, 0.2) is 5.78 Å². The molecule has 1 atom stereocenters. The Bertz CT molecular complexity index is 933. The van der Waals surface area contributed by atoms with Crippen LogP contribution in [0.2, 0.25) is 0 Å². The number of Topliss-reactive ketones (excluding diaryl/α,β-unsaturated/α-hetero) is 1. The van der Waals surface area contributed by atoms with E-state index in [0.717, 1.165) is 12.1 Å². The standard InChI is InChI=1S/C22H27N3O3/c1-14(9-20(27)28)8-19(26)21-17-10-16(12-23)13-24-22(17)25(2)18(21)11-15-6-4-3-5-7-15/h10,13-15H,3-9,11H2,1-2H3,(H,27,28). The number of hydrogen-bond acceptors (Lipinski definition) is 4. The second-order valence-electron chi connectivity index (χ2n) is 8.13. The van der Waals surface area contributed by atoms with Crippen molar-refractivity contribution in [3.05, 3.63) is 29.1 Å². The molecule has 0 saturated heterocycles. The molecule has 0 bridgehead atoms. The van der Waals surface area contributed by atoms with Crippen LogP contribution < -0.4 is 0 Å². The SMILES string of the molecule is CC(CC(=O)O)CC(=O)c1c(CC2CCCCC2)n(C)c2ncc(C#N)cc12. The number of ketones is 1. The van der Waals surface area contributed by atoms with Crippen LogP contribution in [-0.4, -0.2) is 26.4 Å². The lowest BCUT2D eigenvalue weighted by Crippen LogP contribution is -2.16.